The topological polar surface area (TPSA) is 66.4 Å². The van der Waals surface area contributed by atoms with Crippen molar-refractivity contribution in [2.24, 2.45) is 0 Å². The predicted molar refractivity (Wildman–Crippen MR) is 70.1 cm³/mol. The van der Waals surface area contributed by atoms with E-state index in [0.29, 0.717) is 5.69 Å². The van der Waals surface area contributed by atoms with Crippen LogP contribution < -0.4 is 5.32 Å². The van der Waals surface area contributed by atoms with Gasteiger partial charge >= 0.3 is 0 Å². The van der Waals surface area contributed by atoms with E-state index in [2.05, 4.69) is 5.32 Å². The Labute approximate surface area is 109 Å². The molecule has 0 radical (unpaired) electrons. The third kappa shape index (κ3) is 1.98. The van der Waals surface area contributed by atoms with Crippen LogP contribution in [0.4, 0.5) is 11.4 Å². The van der Waals surface area contributed by atoms with Crippen molar-refractivity contribution in [3.05, 3.63) is 42.5 Å². The highest BCUT2D eigenvalue weighted by molar-refractivity contribution is 7.99. The van der Waals surface area contributed by atoms with Gasteiger partial charge in [0.15, 0.2) is 0 Å². The fourth-order valence-electron chi connectivity index (χ4n) is 1.78. The zero-order chi connectivity index (χ0) is 12.8. The van der Waals surface area contributed by atoms with Gasteiger partial charge < -0.3 is 5.32 Å². The molecule has 1 aliphatic heterocycles. The van der Waals surface area contributed by atoms with Crippen LogP contribution in [-0.2, 0) is 10.1 Å². The Kier molecular flexibility index (Phi) is 2.58. The van der Waals surface area contributed by atoms with Crippen LogP contribution in [0, 0.1) is 0 Å². The van der Waals surface area contributed by atoms with Gasteiger partial charge in [0.1, 0.15) is 0 Å². The van der Waals surface area contributed by atoms with Crippen LogP contribution in [0.3, 0.4) is 0 Å². The summed E-state index contributed by atoms with van der Waals surface area (Å²) in [6.45, 7) is 0. The number of para-hydroxylation sites is 1. The van der Waals surface area contributed by atoms with Crippen molar-refractivity contribution >= 4 is 33.3 Å². The van der Waals surface area contributed by atoms with Gasteiger partial charge in [-0.1, -0.05) is 23.9 Å². The van der Waals surface area contributed by atoms with Gasteiger partial charge in [-0.15, -0.1) is 0 Å². The van der Waals surface area contributed by atoms with Gasteiger partial charge in [-0.3, -0.25) is 4.55 Å². The summed E-state index contributed by atoms with van der Waals surface area (Å²) in [7, 11) is -4.16. The Morgan fingerprint density at radius 3 is 2.50 bits per heavy atom. The molecule has 0 fully saturated rings. The Morgan fingerprint density at radius 2 is 1.72 bits per heavy atom. The van der Waals surface area contributed by atoms with E-state index in [1.165, 1.54) is 12.1 Å². The van der Waals surface area contributed by atoms with Crippen molar-refractivity contribution in [1.82, 2.24) is 0 Å². The van der Waals surface area contributed by atoms with Gasteiger partial charge in [0, 0.05) is 9.79 Å². The Balaban J connectivity index is 2.09. The molecule has 18 heavy (non-hydrogen) atoms. The van der Waals surface area contributed by atoms with Gasteiger partial charge in [-0.25, -0.2) is 0 Å². The van der Waals surface area contributed by atoms with Crippen molar-refractivity contribution in [3.63, 3.8) is 0 Å². The van der Waals surface area contributed by atoms with E-state index in [-0.39, 0.29) is 4.90 Å². The first-order valence-electron chi connectivity index (χ1n) is 5.19. The monoisotopic (exact) mass is 279 g/mol. The molecule has 1 heterocycles. The highest BCUT2D eigenvalue weighted by Gasteiger charge is 2.18. The number of nitrogens with one attached hydrogen (secondary N) is 1. The molecule has 0 amide bonds. The minimum Gasteiger partial charge on any atom is -0.354 e. The highest BCUT2D eigenvalue weighted by atomic mass is 32.2. The van der Waals surface area contributed by atoms with E-state index in [0.717, 1.165) is 15.5 Å². The number of hydrogen-bond acceptors (Lipinski definition) is 4. The van der Waals surface area contributed by atoms with E-state index in [1.807, 2.05) is 24.3 Å². The van der Waals surface area contributed by atoms with Gasteiger partial charge in [-0.2, -0.15) is 8.42 Å². The average Bonchev–Trinajstić information content (AvgIpc) is 2.34. The molecule has 0 atom stereocenters. The average molecular weight is 279 g/mol. The van der Waals surface area contributed by atoms with Crippen LogP contribution in [0.5, 0.6) is 0 Å². The molecule has 2 aromatic carbocycles. The molecule has 2 N–H and O–H groups in total. The van der Waals surface area contributed by atoms with Crippen LogP contribution in [-0.4, -0.2) is 13.0 Å². The van der Waals surface area contributed by atoms with E-state index in [1.54, 1.807) is 17.8 Å². The van der Waals surface area contributed by atoms with Crippen molar-refractivity contribution < 1.29 is 13.0 Å². The number of fused-ring (bicyclic) bond motifs is 2. The minimum absolute atomic E-state index is 0.103. The van der Waals surface area contributed by atoms with Crippen LogP contribution in [0.15, 0.2) is 57.2 Å². The number of rotatable bonds is 1. The van der Waals surface area contributed by atoms with Crippen LogP contribution in [0.2, 0.25) is 0 Å². The van der Waals surface area contributed by atoms with Crippen LogP contribution in [0.1, 0.15) is 0 Å². The van der Waals surface area contributed by atoms with Crippen molar-refractivity contribution in [2.45, 2.75) is 14.7 Å². The smallest absolute Gasteiger partial charge is 0.294 e. The summed E-state index contributed by atoms with van der Waals surface area (Å²) in [4.78, 5) is 1.92. The number of hydrogen-bond donors (Lipinski definition) is 2. The highest BCUT2D eigenvalue weighted by Crippen LogP contribution is 2.44. The van der Waals surface area contributed by atoms with Gasteiger partial charge in [0.25, 0.3) is 10.1 Å². The standard InChI is InChI=1S/C12H9NO3S2/c14-18(15,16)8-5-6-12-10(7-8)13-9-3-1-2-4-11(9)17-12/h1-7,13H,(H,14,15,16). The molecule has 1 aliphatic rings. The SMILES string of the molecule is O=S(=O)(O)c1ccc2c(c1)Nc1ccccc1S2. The van der Waals surface area contributed by atoms with Gasteiger partial charge in [-0.05, 0) is 30.3 Å². The molecule has 0 saturated carbocycles. The molecular formula is C12H9NO3S2. The fraction of sp³-hybridized carbons (Fsp3) is 0. The number of anilines is 2. The Bertz CT molecular complexity index is 726. The first-order valence-corrected chi connectivity index (χ1v) is 7.45. The summed E-state index contributed by atoms with van der Waals surface area (Å²) in [5, 5.41) is 3.16. The zero-order valence-corrected chi connectivity index (χ0v) is 10.8. The van der Waals surface area contributed by atoms with Crippen LogP contribution in [0.25, 0.3) is 0 Å². The second-order valence-electron chi connectivity index (χ2n) is 3.86. The number of benzene rings is 2. The molecule has 0 aliphatic carbocycles. The lowest BCUT2D eigenvalue weighted by atomic mass is 10.2. The minimum atomic E-state index is -4.16. The predicted octanol–water partition coefficient (Wildman–Crippen LogP) is 3.14. The van der Waals surface area contributed by atoms with Crippen molar-refractivity contribution in [2.75, 3.05) is 5.32 Å². The maximum atomic E-state index is 11.1. The summed E-state index contributed by atoms with van der Waals surface area (Å²) in [5.74, 6) is 0. The largest absolute Gasteiger partial charge is 0.354 e. The second-order valence-corrected chi connectivity index (χ2v) is 6.36. The first-order chi connectivity index (χ1) is 8.54. The quantitative estimate of drug-likeness (QED) is 0.670. The normalized spacial score (nSPS) is 13.4. The third-order valence-corrected chi connectivity index (χ3v) is 4.63. The van der Waals surface area contributed by atoms with Gasteiger partial charge in [0.2, 0.25) is 0 Å². The molecule has 0 bridgehead atoms. The molecule has 4 nitrogen and oxygen atoms in total. The molecule has 2 aromatic rings. The van der Waals surface area contributed by atoms with Crippen LogP contribution >= 0.6 is 11.8 Å². The maximum absolute atomic E-state index is 11.1. The zero-order valence-electron chi connectivity index (χ0n) is 9.12. The Hall–Kier alpha value is -1.50. The second kappa shape index (κ2) is 4.01. The lowest BCUT2D eigenvalue weighted by Gasteiger charge is -2.20. The molecule has 0 spiro atoms. The molecule has 3 rings (SSSR count). The molecule has 0 unspecified atom stereocenters. The molecule has 6 heteroatoms. The molecule has 0 aromatic heterocycles. The van der Waals surface area contributed by atoms with E-state index in [4.69, 9.17) is 4.55 Å². The third-order valence-electron chi connectivity index (χ3n) is 2.63. The lowest BCUT2D eigenvalue weighted by molar-refractivity contribution is 0.483. The molecule has 92 valence electrons. The van der Waals surface area contributed by atoms with E-state index in [9.17, 15) is 8.42 Å². The summed E-state index contributed by atoms with van der Waals surface area (Å²) in [6.07, 6.45) is 0. The van der Waals surface area contributed by atoms with Gasteiger partial charge in [0.05, 0.1) is 16.3 Å². The summed E-state index contributed by atoms with van der Waals surface area (Å²) in [6, 6.07) is 12.3. The Morgan fingerprint density at radius 1 is 1.00 bits per heavy atom. The van der Waals surface area contributed by atoms with Crippen molar-refractivity contribution in [3.8, 4) is 0 Å². The van der Waals surface area contributed by atoms with Crippen molar-refractivity contribution in [1.29, 1.82) is 0 Å². The fourth-order valence-corrected chi connectivity index (χ4v) is 3.25. The summed E-state index contributed by atoms with van der Waals surface area (Å²) in [5.41, 5.74) is 1.62. The molecule has 0 saturated heterocycles. The first kappa shape index (κ1) is 11.6. The van der Waals surface area contributed by atoms with E-state index >= 15 is 0 Å². The summed E-state index contributed by atoms with van der Waals surface area (Å²) < 4.78 is 31.2. The lowest BCUT2D eigenvalue weighted by Crippen LogP contribution is -2.03. The maximum Gasteiger partial charge on any atom is 0.294 e. The summed E-state index contributed by atoms with van der Waals surface area (Å²) >= 11 is 1.56. The molecular weight excluding hydrogens is 270 g/mol. The van der Waals surface area contributed by atoms with E-state index < -0.39 is 10.1 Å².